The van der Waals surface area contributed by atoms with Gasteiger partial charge in [0.1, 0.15) is 5.82 Å². The maximum Gasteiger partial charge on any atom is 0.418 e. The molecule has 0 aliphatic rings. The second kappa shape index (κ2) is 7.29. The van der Waals surface area contributed by atoms with Crippen LogP contribution in [0.2, 0.25) is 5.02 Å². The Balaban J connectivity index is 2.28. The van der Waals surface area contributed by atoms with E-state index in [-0.39, 0.29) is 15.1 Å². The minimum Gasteiger partial charge on any atom is -0.298 e. The lowest BCUT2D eigenvalue weighted by atomic mass is 10.1. The molecule has 0 saturated carbocycles. The summed E-state index contributed by atoms with van der Waals surface area (Å²) in [6.07, 6.45) is -4.76. The Kier molecular flexibility index (Phi) is 5.55. The van der Waals surface area contributed by atoms with Crippen LogP contribution in [0.1, 0.15) is 21.5 Å². The van der Waals surface area contributed by atoms with Gasteiger partial charge in [0.05, 0.1) is 32.9 Å². The van der Waals surface area contributed by atoms with Crippen LogP contribution >= 0.6 is 27.5 Å². The van der Waals surface area contributed by atoms with E-state index in [9.17, 15) is 22.4 Å². The molecule has 0 atom stereocenters. The molecule has 2 N–H and O–H groups in total. The van der Waals surface area contributed by atoms with Gasteiger partial charge in [0, 0.05) is 5.02 Å². The average Bonchev–Trinajstić information content (AvgIpc) is 2.54. The third-order valence-electron chi connectivity index (χ3n) is 3.00. The number of nitrogens with zero attached hydrogens (tertiary/aromatic N) is 1. The number of carbonyl (C=O) groups excluding carboxylic acids is 1. The Hall–Kier alpha value is -2.31. The second-order valence-electron chi connectivity index (χ2n) is 4.70. The largest absolute Gasteiger partial charge is 0.418 e. The number of benzene rings is 2. The van der Waals surface area contributed by atoms with Crippen LogP contribution in [0.4, 0.5) is 23.2 Å². The summed E-state index contributed by atoms with van der Waals surface area (Å²) in [5, 5.41) is 8.76. The molecule has 0 aliphatic heterocycles. The molecular weight excluding hydrogens is 430 g/mol. The zero-order chi connectivity index (χ0) is 18.8. The highest BCUT2D eigenvalue weighted by Gasteiger charge is 2.34. The predicted molar refractivity (Wildman–Crippen MR) is 86.4 cm³/mol. The highest BCUT2D eigenvalue weighted by molar-refractivity contribution is 9.10. The van der Waals surface area contributed by atoms with Crippen molar-refractivity contribution in [3.63, 3.8) is 0 Å². The van der Waals surface area contributed by atoms with Crippen molar-refractivity contribution in [3.8, 4) is 6.07 Å². The van der Waals surface area contributed by atoms with Crippen LogP contribution < -0.4 is 10.9 Å². The van der Waals surface area contributed by atoms with E-state index in [2.05, 4.69) is 21.4 Å². The van der Waals surface area contributed by atoms with Crippen LogP contribution in [0.3, 0.4) is 0 Å². The number of hydrogen-bond donors (Lipinski definition) is 2. The van der Waals surface area contributed by atoms with Crippen LogP contribution in [-0.4, -0.2) is 5.91 Å². The Morgan fingerprint density at radius 1 is 1.24 bits per heavy atom. The first-order chi connectivity index (χ1) is 11.6. The summed E-state index contributed by atoms with van der Waals surface area (Å²) in [6, 6.07) is 6.60. The number of hydrogen-bond acceptors (Lipinski definition) is 3. The molecule has 0 aliphatic carbocycles. The monoisotopic (exact) mass is 435 g/mol. The van der Waals surface area contributed by atoms with Gasteiger partial charge in [0.25, 0.3) is 5.91 Å². The van der Waals surface area contributed by atoms with Crippen molar-refractivity contribution in [3.05, 3.63) is 62.3 Å². The van der Waals surface area contributed by atoms with Crippen molar-refractivity contribution in [2.45, 2.75) is 6.18 Å². The zero-order valence-electron chi connectivity index (χ0n) is 12.0. The first-order valence-electron chi connectivity index (χ1n) is 6.45. The van der Waals surface area contributed by atoms with Gasteiger partial charge in [-0.15, -0.1) is 0 Å². The number of rotatable bonds is 3. The van der Waals surface area contributed by atoms with E-state index in [1.54, 1.807) is 6.07 Å². The Bertz CT molecular complexity index is 880. The van der Waals surface area contributed by atoms with Crippen molar-refractivity contribution in [2.24, 2.45) is 0 Å². The fraction of sp³-hybridized carbons (Fsp3) is 0.0667. The highest BCUT2D eigenvalue weighted by atomic mass is 79.9. The second-order valence-corrected chi connectivity index (χ2v) is 5.99. The summed E-state index contributed by atoms with van der Waals surface area (Å²) in [7, 11) is 0. The third-order valence-corrected chi connectivity index (χ3v) is 3.80. The lowest BCUT2D eigenvalue weighted by molar-refractivity contribution is -0.137. The number of amides is 1. The zero-order valence-corrected chi connectivity index (χ0v) is 14.4. The predicted octanol–water partition coefficient (Wildman–Crippen LogP) is 4.89. The van der Waals surface area contributed by atoms with Crippen LogP contribution in [0, 0.1) is 17.1 Å². The molecule has 0 saturated heterocycles. The van der Waals surface area contributed by atoms with Crippen molar-refractivity contribution < 1.29 is 22.4 Å². The van der Waals surface area contributed by atoms with Gasteiger partial charge in [-0.3, -0.25) is 15.6 Å². The van der Waals surface area contributed by atoms with E-state index in [0.29, 0.717) is 6.07 Å². The van der Waals surface area contributed by atoms with Crippen molar-refractivity contribution >= 4 is 39.1 Å². The standard InChI is InChI=1S/C15H7BrClF4N3O/c16-11-5-8(17)4-9(13(11)18)14(25)24-23-12-2-1-7(6-22)3-10(12)15(19,20)21/h1-5,23H,(H,24,25). The maximum atomic E-state index is 13.9. The van der Waals surface area contributed by atoms with Crippen molar-refractivity contribution in [2.75, 3.05) is 5.43 Å². The summed E-state index contributed by atoms with van der Waals surface area (Å²) in [5.41, 5.74) is 1.73. The molecule has 25 heavy (non-hydrogen) atoms. The number of anilines is 1. The summed E-state index contributed by atoms with van der Waals surface area (Å²) in [5.74, 6) is -1.95. The number of carbonyl (C=O) groups is 1. The van der Waals surface area contributed by atoms with Crippen LogP contribution in [-0.2, 0) is 6.18 Å². The van der Waals surface area contributed by atoms with E-state index < -0.39 is 34.7 Å². The first kappa shape index (κ1) is 19.0. The van der Waals surface area contributed by atoms with Gasteiger partial charge in [-0.2, -0.15) is 18.4 Å². The SMILES string of the molecule is N#Cc1ccc(NNC(=O)c2cc(Cl)cc(Br)c2F)c(C(F)(F)F)c1. The maximum absolute atomic E-state index is 13.9. The topological polar surface area (TPSA) is 64.9 Å². The minimum absolute atomic E-state index is 0.0628. The molecule has 1 amide bonds. The molecule has 0 aromatic heterocycles. The lowest BCUT2D eigenvalue weighted by Gasteiger charge is -2.15. The van der Waals surface area contributed by atoms with Crippen LogP contribution in [0.25, 0.3) is 0 Å². The lowest BCUT2D eigenvalue weighted by Crippen LogP contribution is -2.31. The van der Waals surface area contributed by atoms with E-state index >= 15 is 0 Å². The van der Waals surface area contributed by atoms with Crippen molar-refractivity contribution in [1.82, 2.24) is 5.43 Å². The van der Waals surface area contributed by atoms with Gasteiger partial charge in [-0.05, 0) is 46.3 Å². The molecule has 0 spiro atoms. The number of alkyl halides is 3. The number of nitriles is 1. The molecule has 10 heteroatoms. The quantitative estimate of drug-likeness (QED) is 0.409. The highest BCUT2D eigenvalue weighted by Crippen LogP contribution is 2.35. The number of hydrazine groups is 1. The smallest absolute Gasteiger partial charge is 0.298 e. The Morgan fingerprint density at radius 2 is 1.92 bits per heavy atom. The molecule has 0 heterocycles. The molecule has 2 rings (SSSR count). The van der Waals surface area contributed by atoms with E-state index in [1.807, 2.05) is 5.43 Å². The first-order valence-corrected chi connectivity index (χ1v) is 7.63. The summed E-state index contributed by atoms with van der Waals surface area (Å²) in [4.78, 5) is 12.0. The summed E-state index contributed by atoms with van der Waals surface area (Å²) < 4.78 is 53.0. The molecular formula is C15H7BrClF4N3O. The molecule has 0 unspecified atom stereocenters. The number of nitrogens with one attached hydrogen (secondary N) is 2. The van der Waals surface area contributed by atoms with Gasteiger partial charge in [0.2, 0.25) is 0 Å². The molecule has 130 valence electrons. The molecule has 0 radical (unpaired) electrons. The number of halogens is 6. The minimum atomic E-state index is -4.76. The van der Waals surface area contributed by atoms with Gasteiger partial charge in [0.15, 0.2) is 0 Å². The fourth-order valence-electron chi connectivity index (χ4n) is 1.87. The Labute approximate surface area is 152 Å². The van der Waals surface area contributed by atoms with Crippen molar-refractivity contribution in [1.29, 1.82) is 5.26 Å². The summed E-state index contributed by atoms with van der Waals surface area (Å²) >= 11 is 8.60. The van der Waals surface area contributed by atoms with Crippen LogP contribution in [0.15, 0.2) is 34.8 Å². The van der Waals surface area contributed by atoms with Gasteiger partial charge in [-0.1, -0.05) is 11.6 Å². The van der Waals surface area contributed by atoms with Gasteiger partial charge < -0.3 is 0 Å². The Morgan fingerprint density at radius 3 is 2.52 bits per heavy atom. The molecule has 0 fully saturated rings. The average molecular weight is 437 g/mol. The van der Waals surface area contributed by atoms with E-state index in [1.165, 1.54) is 6.07 Å². The normalized spacial score (nSPS) is 10.9. The molecule has 0 bridgehead atoms. The molecule has 2 aromatic rings. The van der Waals surface area contributed by atoms with Crippen LogP contribution in [0.5, 0.6) is 0 Å². The molecule has 2 aromatic carbocycles. The third kappa shape index (κ3) is 4.41. The summed E-state index contributed by atoms with van der Waals surface area (Å²) in [6.45, 7) is 0. The van der Waals surface area contributed by atoms with E-state index in [4.69, 9.17) is 16.9 Å². The van der Waals surface area contributed by atoms with Gasteiger partial charge in [-0.25, -0.2) is 4.39 Å². The van der Waals surface area contributed by atoms with Gasteiger partial charge >= 0.3 is 6.18 Å². The fourth-order valence-corrected chi connectivity index (χ4v) is 2.68. The van der Waals surface area contributed by atoms with E-state index in [0.717, 1.165) is 18.2 Å². The molecule has 4 nitrogen and oxygen atoms in total.